The third-order valence-corrected chi connectivity index (χ3v) is 5.07. The van der Waals surface area contributed by atoms with Crippen LogP contribution in [0.4, 0.5) is 5.69 Å². The minimum Gasteiger partial charge on any atom is -0.395 e. The van der Waals surface area contributed by atoms with E-state index in [4.69, 9.17) is 16.7 Å². The summed E-state index contributed by atoms with van der Waals surface area (Å²) in [6.07, 6.45) is 0.302. The largest absolute Gasteiger partial charge is 0.395 e. The number of nitrogens with one attached hydrogen (secondary N) is 2. The number of carbonyl (C=O) groups is 1. The molecule has 2 aromatic carbocycles. The lowest BCUT2D eigenvalue weighted by Gasteiger charge is -2.10. The van der Waals surface area contributed by atoms with Gasteiger partial charge in [0, 0.05) is 22.8 Å². The number of sulfonamides is 1. The highest BCUT2D eigenvalue weighted by molar-refractivity contribution is 7.92. The Kier molecular flexibility index (Phi) is 6.81. The molecular formula is C17H19ClN2O4S. The molecule has 0 saturated heterocycles. The minimum atomic E-state index is -3.54. The first kappa shape index (κ1) is 19.2. The van der Waals surface area contributed by atoms with Gasteiger partial charge in [0.05, 0.1) is 12.4 Å². The number of rotatable bonds is 8. The van der Waals surface area contributed by atoms with E-state index in [0.29, 0.717) is 22.7 Å². The number of anilines is 1. The Morgan fingerprint density at radius 2 is 1.76 bits per heavy atom. The molecule has 1 amide bonds. The van der Waals surface area contributed by atoms with Crippen LogP contribution in [0.3, 0.4) is 0 Å². The molecule has 3 N–H and O–H groups in total. The third kappa shape index (κ3) is 6.04. The van der Waals surface area contributed by atoms with Gasteiger partial charge < -0.3 is 10.4 Å². The molecule has 0 aliphatic carbocycles. The number of benzene rings is 2. The van der Waals surface area contributed by atoms with Crippen LogP contribution in [0.1, 0.15) is 15.9 Å². The summed E-state index contributed by atoms with van der Waals surface area (Å²) in [5.74, 6) is -0.433. The van der Waals surface area contributed by atoms with Crippen LogP contribution in [-0.2, 0) is 16.4 Å². The van der Waals surface area contributed by atoms with Crippen LogP contribution in [0.5, 0.6) is 0 Å². The molecule has 25 heavy (non-hydrogen) atoms. The molecule has 0 aromatic heterocycles. The molecule has 6 nitrogen and oxygen atoms in total. The van der Waals surface area contributed by atoms with Gasteiger partial charge in [-0.3, -0.25) is 9.52 Å². The van der Waals surface area contributed by atoms with Crippen molar-refractivity contribution in [3.63, 3.8) is 0 Å². The number of hydrogen-bond acceptors (Lipinski definition) is 4. The summed E-state index contributed by atoms with van der Waals surface area (Å²) in [7, 11) is -3.54. The van der Waals surface area contributed by atoms with E-state index in [0.717, 1.165) is 5.56 Å². The maximum Gasteiger partial charge on any atom is 0.251 e. The van der Waals surface area contributed by atoms with Crippen molar-refractivity contribution in [1.82, 2.24) is 5.32 Å². The van der Waals surface area contributed by atoms with E-state index < -0.39 is 10.0 Å². The van der Waals surface area contributed by atoms with Gasteiger partial charge in [-0.05, 0) is 42.3 Å². The number of amides is 1. The Bertz CT molecular complexity index is 823. The Morgan fingerprint density at radius 3 is 2.40 bits per heavy atom. The second-order valence-electron chi connectivity index (χ2n) is 5.32. The molecule has 8 heteroatoms. The number of aliphatic hydroxyl groups excluding tert-OH is 1. The minimum absolute atomic E-state index is 0.102. The maximum absolute atomic E-state index is 12.2. The number of hydrogen-bond donors (Lipinski definition) is 3. The van der Waals surface area contributed by atoms with Crippen molar-refractivity contribution in [2.24, 2.45) is 0 Å². The van der Waals surface area contributed by atoms with Crippen LogP contribution >= 0.6 is 11.6 Å². The molecular weight excluding hydrogens is 364 g/mol. The molecule has 2 aromatic rings. The lowest BCUT2D eigenvalue weighted by atomic mass is 10.2. The predicted octanol–water partition coefficient (Wildman–Crippen LogP) is 2.05. The first-order valence-electron chi connectivity index (χ1n) is 7.64. The Morgan fingerprint density at radius 1 is 1.08 bits per heavy atom. The first-order chi connectivity index (χ1) is 11.9. The summed E-state index contributed by atoms with van der Waals surface area (Å²) in [5.41, 5.74) is 1.52. The van der Waals surface area contributed by atoms with Crippen molar-refractivity contribution in [3.8, 4) is 0 Å². The topological polar surface area (TPSA) is 95.5 Å². The predicted molar refractivity (Wildman–Crippen MR) is 98.4 cm³/mol. The Labute approximate surface area is 151 Å². The molecule has 0 spiro atoms. The van der Waals surface area contributed by atoms with Crippen LogP contribution in [-0.4, -0.2) is 38.3 Å². The summed E-state index contributed by atoms with van der Waals surface area (Å²) >= 11 is 6.03. The zero-order chi connectivity index (χ0) is 18.3. The van der Waals surface area contributed by atoms with Gasteiger partial charge in [-0.15, -0.1) is 0 Å². The van der Waals surface area contributed by atoms with Crippen molar-refractivity contribution in [2.75, 3.05) is 23.6 Å². The molecule has 134 valence electrons. The summed E-state index contributed by atoms with van der Waals surface area (Å²) in [6, 6.07) is 13.2. The van der Waals surface area contributed by atoms with Gasteiger partial charge in [0.2, 0.25) is 10.0 Å². The second kappa shape index (κ2) is 8.84. The zero-order valence-electron chi connectivity index (χ0n) is 13.4. The lowest BCUT2D eigenvalue weighted by Crippen LogP contribution is -2.26. The fraction of sp³-hybridized carbons (Fsp3) is 0.235. The van der Waals surface area contributed by atoms with Crippen LogP contribution in [0, 0.1) is 0 Å². The summed E-state index contributed by atoms with van der Waals surface area (Å²) in [4.78, 5) is 11.7. The molecule has 0 aliphatic rings. The Balaban J connectivity index is 1.96. The fourth-order valence-electron chi connectivity index (χ4n) is 2.14. The van der Waals surface area contributed by atoms with E-state index in [1.807, 2.05) is 6.07 Å². The van der Waals surface area contributed by atoms with Crippen molar-refractivity contribution < 1.29 is 18.3 Å². The van der Waals surface area contributed by atoms with Gasteiger partial charge in [-0.2, -0.15) is 0 Å². The molecule has 0 aliphatic heterocycles. The number of halogens is 1. The lowest BCUT2D eigenvalue weighted by molar-refractivity contribution is 0.0945. The standard InChI is InChI=1S/C17H19ClN2O4S/c18-16-4-2-1-3-13(16)9-12-25(23,24)20-15-7-5-14(6-8-15)17(22)19-10-11-21/h1-8,20-21H,9-12H2,(H,19,22). The van der Waals surface area contributed by atoms with Crippen LogP contribution < -0.4 is 10.0 Å². The highest BCUT2D eigenvalue weighted by Gasteiger charge is 2.12. The maximum atomic E-state index is 12.2. The van der Waals surface area contributed by atoms with Crippen molar-refractivity contribution in [2.45, 2.75) is 6.42 Å². The first-order valence-corrected chi connectivity index (χ1v) is 9.67. The molecule has 0 unspecified atom stereocenters. The number of carbonyl (C=O) groups excluding carboxylic acids is 1. The number of aliphatic hydroxyl groups is 1. The zero-order valence-corrected chi connectivity index (χ0v) is 15.0. The Hall–Kier alpha value is -2.09. The van der Waals surface area contributed by atoms with Crippen LogP contribution in [0.25, 0.3) is 0 Å². The van der Waals surface area contributed by atoms with Gasteiger partial charge in [0.1, 0.15) is 0 Å². The molecule has 0 radical (unpaired) electrons. The average Bonchev–Trinajstić information content (AvgIpc) is 2.59. The van der Waals surface area contributed by atoms with Crippen molar-refractivity contribution in [1.29, 1.82) is 0 Å². The van der Waals surface area contributed by atoms with Crippen molar-refractivity contribution >= 4 is 33.2 Å². The molecule has 0 saturated carbocycles. The van der Waals surface area contributed by atoms with Gasteiger partial charge in [-0.1, -0.05) is 29.8 Å². The molecule has 0 atom stereocenters. The van der Waals surface area contributed by atoms with E-state index in [9.17, 15) is 13.2 Å². The summed E-state index contributed by atoms with van der Waals surface area (Å²) < 4.78 is 26.8. The van der Waals surface area contributed by atoms with E-state index >= 15 is 0 Å². The quantitative estimate of drug-likeness (QED) is 0.651. The van der Waals surface area contributed by atoms with E-state index in [1.54, 1.807) is 18.2 Å². The van der Waals surface area contributed by atoms with E-state index in [2.05, 4.69) is 10.0 Å². The van der Waals surface area contributed by atoms with Crippen LogP contribution in [0.2, 0.25) is 5.02 Å². The average molecular weight is 383 g/mol. The highest BCUT2D eigenvalue weighted by atomic mass is 35.5. The van der Waals surface area contributed by atoms with Crippen LogP contribution in [0.15, 0.2) is 48.5 Å². The fourth-order valence-corrected chi connectivity index (χ4v) is 3.45. The van der Waals surface area contributed by atoms with Gasteiger partial charge >= 0.3 is 0 Å². The van der Waals surface area contributed by atoms with Gasteiger partial charge in [0.25, 0.3) is 5.91 Å². The monoisotopic (exact) mass is 382 g/mol. The second-order valence-corrected chi connectivity index (χ2v) is 7.57. The van der Waals surface area contributed by atoms with E-state index in [-0.39, 0.29) is 24.8 Å². The van der Waals surface area contributed by atoms with E-state index in [1.165, 1.54) is 24.3 Å². The molecule has 0 bridgehead atoms. The summed E-state index contributed by atoms with van der Waals surface area (Å²) in [5, 5.41) is 11.7. The molecule has 2 rings (SSSR count). The van der Waals surface area contributed by atoms with Crippen molar-refractivity contribution in [3.05, 3.63) is 64.7 Å². The van der Waals surface area contributed by atoms with Gasteiger partial charge in [-0.25, -0.2) is 8.42 Å². The number of aryl methyl sites for hydroxylation is 1. The molecule has 0 fully saturated rings. The summed E-state index contributed by atoms with van der Waals surface area (Å²) in [6.45, 7) is 0.0182. The van der Waals surface area contributed by atoms with Gasteiger partial charge in [0.15, 0.2) is 0 Å². The normalized spacial score (nSPS) is 11.1. The smallest absolute Gasteiger partial charge is 0.251 e. The third-order valence-electron chi connectivity index (χ3n) is 3.42. The SMILES string of the molecule is O=C(NCCO)c1ccc(NS(=O)(=O)CCc2ccccc2Cl)cc1. The molecule has 0 heterocycles. The highest BCUT2D eigenvalue weighted by Crippen LogP contribution is 2.17.